The Hall–Kier alpha value is -1.88. The second kappa shape index (κ2) is 9.95. The van der Waals surface area contributed by atoms with Gasteiger partial charge in [0, 0.05) is 33.2 Å². The lowest BCUT2D eigenvalue weighted by Gasteiger charge is -2.27. The minimum Gasteiger partial charge on any atom is -0.382 e. The molecule has 0 spiro atoms. The summed E-state index contributed by atoms with van der Waals surface area (Å²) in [5.41, 5.74) is 1.01. The molecule has 0 aliphatic carbocycles. The number of hydrogen-bond donors (Lipinski definition) is 1. The zero-order chi connectivity index (χ0) is 16.4. The zero-order valence-corrected chi connectivity index (χ0v) is 13.7. The lowest BCUT2D eigenvalue weighted by Crippen LogP contribution is -2.47. The summed E-state index contributed by atoms with van der Waals surface area (Å²) in [6.07, 6.45) is 0.769. The average molecular weight is 306 g/mol. The molecular formula is C17H26N2O3. The first-order valence-electron chi connectivity index (χ1n) is 7.72. The Morgan fingerprint density at radius 2 is 1.95 bits per heavy atom. The van der Waals surface area contributed by atoms with E-state index in [1.165, 1.54) is 6.92 Å². The van der Waals surface area contributed by atoms with Crippen molar-refractivity contribution in [3.63, 3.8) is 0 Å². The van der Waals surface area contributed by atoms with E-state index in [1.807, 2.05) is 37.3 Å². The van der Waals surface area contributed by atoms with Crippen LogP contribution in [-0.2, 0) is 20.9 Å². The Kier molecular flexibility index (Phi) is 8.22. The van der Waals surface area contributed by atoms with Gasteiger partial charge in [0.2, 0.25) is 11.8 Å². The van der Waals surface area contributed by atoms with Crippen LogP contribution in [0.4, 0.5) is 0 Å². The summed E-state index contributed by atoms with van der Waals surface area (Å²) in [5.74, 6) is -0.247. The highest BCUT2D eigenvalue weighted by molar-refractivity contribution is 5.86. The van der Waals surface area contributed by atoms with Crippen LogP contribution in [-0.4, -0.2) is 42.5 Å². The van der Waals surface area contributed by atoms with Crippen LogP contribution in [0.15, 0.2) is 30.3 Å². The molecule has 0 saturated heterocycles. The van der Waals surface area contributed by atoms with Gasteiger partial charge in [0.1, 0.15) is 6.04 Å². The number of nitrogens with zero attached hydrogens (tertiary/aromatic N) is 1. The SMILES string of the molecule is CCOCCCNC(=O)[C@@H](C)N(Cc1ccccc1)C(C)=O. The summed E-state index contributed by atoms with van der Waals surface area (Å²) in [7, 11) is 0. The maximum absolute atomic E-state index is 12.2. The van der Waals surface area contributed by atoms with Gasteiger partial charge >= 0.3 is 0 Å². The van der Waals surface area contributed by atoms with Gasteiger partial charge < -0.3 is 15.0 Å². The molecule has 122 valence electrons. The number of benzene rings is 1. The van der Waals surface area contributed by atoms with Gasteiger partial charge in [-0.25, -0.2) is 0 Å². The minimum absolute atomic E-state index is 0.110. The van der Waals surface area contributed by atoms with E-state index in [-0.39, 0.29) is 11.8 Å². The van der Waals surface area contributed by atoms with Gasteiger partial charge in [-0.2, -0.15) is 0 Å². The molecule has 0 aliphatic heterocycles. The number of nitrogens with one attached hydrogen (secondary N) is 1. The van der Waals surface area contributed by atoms with Crippen LogP contribution in [0.1, 0.15) is 32.8 Å². The highest BCUT2D eigenvalue weighted by Gasteiger charge is 2.23. The Balaban J connectivity index is 2.52. The van der Waals surface area contributed by atoms with Crippen LogP contribution in [0.2, 0.25) is 0 Å². The van der Waals surface area contributed by atoms with Crippen LogP contribution >= 0.6 is 0 Å². The average Bonchev–Trinajstić information content (AvgIpc) is 2.52. The van der Waals surface area contributed by atoms with E-state index in [9.17, 15) is 9.59 Å². The number of carbonyl (C=O) groups excluding carboxylic acids is 2. The second-order valence-electron chi connectivity index (χ2n) is 5.15. The summed E-state index contributed by atoms with van der Waals surface area (Å²) in [6.45, 7) is 7.48. The molecule has 0 saturated carbocycles. The van der Waals surface area contributed by atoms with Crippen molar-refractivity contribution >= 4 is 11.8 Å². The van der Waals surface area contributed by atoms with Gasteiger partial charge in [-0.05, 0) is 25.8 Å². The summed E-state index contributed by atoms with van der Waals surface area (Å²) >= 11 is 0. The van der Waals surface area contributed by atoms with Crippen LogP contribution in [0, 0.1) is 0 Å². The first kappa shape index (κ1) is 18.2. The third-order valence-corrected chi connectivity index (χ3v) is 3.42. The molecule has 0 bridgehead atoms. The third-order valence-electron chi connectivity index (χ3n) is 3.42. The maximum atomic E-state index is 12.2. The highest BCUT2D eigenvalue weighted by Crippen LogP contribution is 2.09. The topological polar surface area (TPSA) is 58.6 Å². The number of hydrogen-bond acceptors (Lipinski definition) is 3. The van der Waals surface area contributed by atoms with Crippen LogP contribution in [0.3, 0.4) is 0 Å². The van der Waals surface area contributed by atoms with Crippen LogP contribution in [0.25, 0.3) is 0 Å². The van der Waals surface area contributed by atoms with E-state index in [2.05, 4.69) is 5.32 Å². The van der Waals surface area contributed by atoms with Crippen molar-refractivity contribution in [2.75, 3.05) is 19.8 Å². The summed E-state index contributed by atoms with van der Waals surface area (Å²) in [4.78, 5) is 25.6. The van der Waals surface area contributed by atoms with Gasteiger partial charge in [-0.1, -0.05) is 30.3 Å². The first-order valence-corrected chi connectivity index (χ1v) is 7.72. The molecule has 5 heteroatoms. The van der Waals surface area contributed by atoms with Gasteiger partial charge in [0.25, 0.3) is 0 Å². The lowest BCUT2D eigenvalue weighted by molar-refractivity contribution is -0.139. The predicted octanol–water partition coefficient (Wildman–Crippen LogP) is 1.97. The lowest BCUT2D eigenvalue weighted by atomic mass is 10.1. The third kappa shape index (κ3) is 6.26. The van der Waals surface area contributed by atoms with Crippen molar-refractivity contribution in [3.05, 3.63) is 35.9 Å². The Morgan fingerprint density at radius 3 is 2.55 bits per heavy atom. The second-order valence-corrected chi connectivity index (χ2v) is 5.15. The monoisotopic (exact) mass is 306 g/mol. The standard InChI is InChI=1S/C17H26N2O3/c1-4-22-12-8-11-18-17(21)14(2)19(15(3)20)13-16-9-6-5-7-10-16/h5-7,9-10,14H,4,8,11-13H2,1-3H3,(H,18,21)/t14-/m1/s1. The number of ether oxygens (including phenoxy) is 1. The number of rotatable bonds is 9. The minimum atomic E-state index is -0.496. The molecular weight excluding hydrogens is 280 g/mol. The van der Waals surface area contributed by atoms with Gasteiger partial charge in [-0.15, -0.1) is 0 Å². The molecule has 2 amide bonds. The molecule has 0 aliphatic rings. The fourth-order valence-corrected chi connectivity index (χ4v) is 2.12. The van der Waals surface area contributed by atoms with E-state index in [4.69, 9.17) is 4.74 Å². The molecule has 1 aromatic rings. The fraction of sp³-hybridized carbons (Fsp3) is 0.529. The first-order chi connectivity index (χ1) is 10.6. The summed E-state index contributed by atoms with van der Waals surface area (Å²) < 4.78 is 5.22. The molecule has 0 fully saturated rings. The number of carbonyl (C=O) groups is 2. The smallest absolute Gasteiger partial charge is 0.242 e. The van der Waals surface area contributed by atoms with E-state index in [0.29, 0.717) is 26.3 Å². The maximum Gasteiger partial charge on any atom is 0.242 e. The number of amides is 2. The molecule has 1 atom stereocenters. The van der Waals surface area contributed by atoms with E-state index < -0.39 is 6.04 Å². The van der Waals surface area contributed by atoms with Crippen LogP contribution in [0.5, 0.6) is 0 Å². The predicted molar refractivity (Wildman–Crippen MR) is 86.2 cm³/mol. The molecule has 1 aromatic carbocycles. The molecule has 1 rings (SSSR count). The molecule has 5 nitrogen and oxygen atoms in total. The Labute approximate surface area is 132 Å². The molecule has 1 N–H and O–H groups in total. The van der Waals surface area contributed by atoms with Crippen LogP contribution < -0.4 is 5.32 Å². The van der Waals surface area contributed by atoms with Crippen molar-refractivity contribution < 1.29 is 14.3 Å². The zero-order valence-electron chi connectivity index (χ0n) is 13.7. The Bertz CT molecular complexity index is 462. The molecule has 0 aromatic heterocycles. The fourth-order valence-electron chi connectivity index (χ4n) is 2.12. The van der Waals surface area contributed by atoms with Crippen molar-refractivity contribution in [1.29, 1.82) is 0 Å². The summed E-state index contributed by atoms with van der Waals surface area (Å²) in [5, 5.41) is 2.85. The molecule has 0 unspecified atom stereocenters. The van der Waals surface area contributed by atoms with Crippen molar-refractivity contribution in [2.24, 2.45) is 0 Å². The van der Waals surface area contributed by atoms with Gasteiger partial charge in [0.15, 0.2) is 0 Å². The van der Waals surface area contributed by atoms with Crippen molar-refractivity contribution in [1.82, 2.24) is 10.2 Å². The molecule has 0 radical (unpaired) electrons. The van der Waals surface area contributed by atoms with E-state index >= 15 is 0 Å². The van der Waals surface area contributed by atoms with Crippen molar-refractivity contribution in [3.8, 4) is 0 Å². The van der Waals surface area contributed by atoms with E-state index in [1.54, 1.807) is 11.8 Å². The van der Waals surface area contributed by atoms with E-state index in [0.717, 1.165) is 12.0 Å². The van der Waals surface area contributed by atoms with Crippen molar-refractivity contribution in [2.45, 2.75) is 39.8 Å². The van der Waals surface area contributed by atoms with Gasteiger partial charge in [0.05, 0.1) is 0 Å². The summed E-state index contributed by atoms with van der Waals surface area (Å²) in [6, 6.07) is 9.17. The Morgan fingerprint density at radius 1 is 1.27 bits per heavy atom. The molecule has 22 heavy (non-hydrogen) atoms. The highest BCUT2D eigenvalue weighted by atomic mass is 16.5. The normalized spacial score (nSPS) is 11.8. The largest absolute Gasteiger partial charge is 0.382 e. The van der Waals surface area contributed by atoms with Gasteiger partial charge in [-0.3, -0.25) is 9.59 Å². The quantitative estimate of drug-likeness (QED) is 0.710. The molecule has 0 heterocycles.